The second kappa shape index (κ2) is 7.83. The van der Waals surface area contributed by atoms with Gasteiger partial charge in [-0.25, -0.2) is 9.97 Å². The third-order valence-electron chi connectivity index (χ3n) is 5.34. The molecule has 0 aliphatic heterocycles. The Kier molecular flexibility index (Phi) is 5.52. The first kappa shape index (κ1) is 23.2. The summed E-state index contributed by atoms with van der Waals surface area (Å²) in [6.45, 7) is 15.4. The number of nitrogens with zero attached hydrogens (tertiary/aromatic N) is 3. The van der Waals surface area contributed by atoms with Crippen molar-refractivity contribution in [3.05, 3.63) is 64.0 Å². The quantitative estimate of drug-likeness (QED) is 0.610. The lowest BCUT2D eigenvalue weighted by Gasteiger charge is -2.31. The average Bonchev–Trinajstić information content (AvgIpc) is 3.00. The monoisotopic (exact) mass is 451 g/mol. The SMILES string of the molecule is Cc1ccc2c(c1)CCc1nc(C)oc1C2(O)c1cnc(OC(C)(C)C)nc1OC(C)(C)C. The minimum atomic E-state index is -1.67. The van der Waals surface area contributed by atoms with Gasteiger partial charge in [0.05, 0.1) is 11.3 Å². The van der Waals surface area contributed by atoms with Crippen molar-refractivity contribution >= 4 is 0 Å². The fourth-order valence-electron chi connectivity index (χ4n) is 4.14. The van der Waals surface area contributed by atoms with Crippen LogP contribution in [-0.4, -0.2) is 31.3 Å². The van der Waals surface area contributed by atoms with Crippen LogP contribution < -0.4 is 9.47 Å². The number of hydrogen-bond acceptors (Lipinski definition) is 7. The number of hydrogen-bond donors (Lipinski definition) is 1. The van der Waals surface area contributed by atoms with Gasteiger partial charge in [0.25, 0.3) is 0 Å². The predicted octanol–water partition coefficient (Wildman–Crippen LogP) is 4.82. The van der Waals surface area contributed by atoms with Crippen LogP contribution in [0.4, 0.5) is 0 Å². The number of aliphatic hydroxyl groups is 1. The summed E-state index contributed by atoms with van der Waals surface area (Å²) in [4.78, 5) is 13.6. The van der Waals surface area contributed by atoms with Crippen LogP contribution >= 0.6 is 0 Å². The smallest absolute Gasteiger partial charge is 0.320 e. The first-order chi connectivity index (χ1) is 15.3. The van der Waals surface area contributed by atoms with Crippen LogP contribution in [0.25, 0.3) is 0 Å². The molecule has 0 amide bonds. The van der Waals surface area contributed by atoms with Gasteiger partial charge in [0, 0.05) is 13.1 Å². The first-order valence-corrected chi connectivity index (χ1v) is 11.3. The molecule has 0 spiro atoms. The van der Waals surface area contributed by atoms with Crippen LogP contribution in [0.2, 0.25) is 0 Å². The van der Waals surface area contributed by atoms with E-state index in [1.807, 2.05) is 60.6 Å². The molecule has 1 aromatic carbocycles. The molecule has 1 atom stereocenters. The van der Waals surface area contributed by atoms with E-state index in [4.69, 9.17) is 13.9 Å². The van der Waals surface area contributed by atoms with Gasteiger partial charge in [0.2, 0.25) is 5.88 Å². The third-order valence-corrected chi connectivity index (χ3v) is 5.34. The van der Waals surface area contributed by atoms with Gasteiger partial charge in [0.15, 0.2) is 17.3 Å². The molecule has 7 nitrogen and oxygen atoms in total. The molecule has 33 heavy (non-hydrogen) atoms. The van der Waals surface area contributed by atoms with Crippen LogP contribution in [-0.2, 0) is 18.4 Å². The van der Waals surface area contributed by atoms with Gasteiger partial charge in [-0.3, -0.25) is 0 Å². The van der Waals surface area contributed by atoms with Crippen molar-refractivity contribution in [2.24, 2.45) is 0 Å². The van der Waals surface area contributed by atoms with Crippen molar-refractivity contribution in [2.75, 3.05) is 0 Å². The molecule has 0 fully saturated rings. The zero-order chi connectivity index (χ0) is 24.2. The van der Waals surface area contributed by atoms with E-state index in [9.17, 15) is 5.11 Å². The molecule has 0 bridgehead atoms. The van der Waals surface area contributed by atoms with Crippen LogP contribution in [0.5, 0.6) is 11.9 Å². The molecule has 3 aromatic rings. The van der Waals surface area contributed by atoms with Crippen molar-refractivity contribution in [2.45, 2.75) is 85.0 Å². The number of fused-ring (bicyclic) bond motifs is 2. The fourth-order valence-corrected chi connectivity index (χ4v) is 4.14. The third kappa shape index (κ3) is 4.60. The van der Waals surface area contributed by atoms with Gasteiger partial charge in [-0.1, -0.05) is 23.8 Å². The summed E-state index contributed by atoms with van der Waals surface area (Å²) in [5.41, 5.74) is 1.25. The number of aryl methyl sites for hydroxylation is 4. The lowest BCUT2D eigenvalue weighted by atomic mass is 9.82. The Labute approximate surface area is 195 Å². The highest BCUT2D eigenvalue weighted by atomic mass is 16.5. The average molecular weight is 452 g/mol. The van der Waals surface area contributed by atoms with Crippen LogP contribution in [0, 0.1) is 13.8 Å². The van der Waals surface area contributed by atoms with Crippen molar-refractivity contribution in [3.8, 4) is 11.9 Å². The van der Waals surface area contributed by atoms with E-state index in [-0.39, 0.29) is 11.9 Å². The number of ether oxygens (including phenoxy) is 2. The molecule has 0 saturated heterocycles. The molecular weight excluding hydrogens is 418 g/mol. The largest absolute Gasteiger partial charge is 0.471 e. The Morgan fingerprint density at radius 2 is 1.64 bits per heavy atom. The summed E-state index contributed by atoms with van der Waals surface area (Å²) >= 11 is 0. The van der Waals surface area contributed by atoms with Gasteiger partial charge in [0.1, 0.15) is 11.2 Å². The lowest BCUT2D eigenvalue weighted by Crippen LogP contribution is -2.33. The van der Waals surface area contributed by atoms with Crippen molar-refractivity contribution < 1.29 is 19.0 Å². The van der Waals surface area contributed by atoms with E-state index in [1.165, 1.54) is 0 Å². The molecule has 1 aliphatic rings. The molecule has 2 aromatic heterocycles. The van der Waals surface area contributed by atoms with Crippen molar-refractivity contribution in [3.63, 3.8) is 0 Å². The van der Waals surface area contributed by atoms with Crippen molar-refractivity contribution in [1.29, 1.82) is 0 Å². The van der Waals surface area contributed by atoms with Crippen LogP contribution in [0.15, 0.2) is 28.8 Å². The maximum Gasteiger partial charge on any atom is 0.320 e. The second-order valence-corrected chi connectivity index (χ2v) is 10.7. The molecule has 7 heteroatoms. The normalized spacial score (nSPS) is 18.3. The van der Waals surface area contributed by atoms with Gasteiger partial charge in [-0.15, -0.1) is 0 Å². The highest BCUT2D eigenvalue weighted by Gasteiger charge is 2.46. The highest BCUT2D eigenvalue weighted by molar-refractivity contribution is 5.53. The summed E-state index contributed by atoms with van der Waals surface area (Å²) in [5.74, 6) is 1.13. The number of rotatable bonds is 3. The molecular formula is C26H33N3O4. The molecule has 1 N–H and O–H groups in total. The predicted molar refractivity (Wildman–Crippen MR) is 125 cm³/mol. The number of oxazole rings is 1. The summed E-state index contributed by atoms with van der Waals surface area (Å²) < 4.78 is 18.2. The zero-order valence-corrected chi connectivity index (χ0v) is 20.7. The second-order valence-electron chi connectivity index (χ2n) is 10.7. The lowest BCUT2D eigenvalue weighted by molar-refractivity contribution is 0.0729. The van der Waals surface area contributed by atoms with E-state index in [0.29, 0.717) is 23.6 Å². The fraction of sp³-hybridized carbons (Fsp3) is 0.500. The Morgan fingerprint density at radius 3 is 2.30 bits per heavy atom. The number of aromatic nitrogens is 3. The molecule has 176 valence electrons. The van der Waals surface area contributed by atoms with Gasteiger partial charge < -0.3 is 19.0 Å². The van der Waals surface area contributed by atoms with Crippen LogP contribution in [0.1, 0.15) is 81.1 Å². The van der Waals surface area contributed by atoms with Crippen molar-refractivity contribution in [1.82, 2.24) is 15.0 Å². The summed E-state index contributed by atoms with van der Waals surface area (Å²) in [7, 11) is 0. The molecule has 0 saturated carbocycles. The van der Waals surface area contributed by atoms with E-state index < -0.39 is 16.8 Å². The standard InChI is InChI=1S/C26H33N3O4/c1-15-9-11-18-17(13-15)10-12-20-21(31-16(2)28-20)26(18,30)19-14-27-23(33-25(6,7)8)29-22(19)32-24(3,4)5/h9,11,13-14,30H,10,12H2,1-8H3. The maximum absolute atomic E-state index is 12.5. The Hall–Kier alpha value is -2.93. The van der Waals surface area contributed by atoms with Gasteiger partial charge >= 0.3 is 6.01 Å². The molecule has 4 rings (SSSR count). The van der Waals surface area contributed by atoms with E-state index in [1.54, 1.807) is 13.1 Å². The summed E-state index contributed by atoms with van der Waals surface area (Å²) in [6, 6.07) is 6.21. The summed E-state index contributed by atoms with van der Waals surface area (Å²) in [6.07, 6.45) is 2.97. The minimum absolute atomic E-state index is 0.181. The first-order valence-electron chi connectivity index (χ1n) is 11.3. The highest BCUT2D eigenvalue weighted by Crippen LogP contribution is 2.46. The zero-order valence-electron chi connectivity index (χ0n) is 20.7. The minimum Gasteiger partial charge on any atom is -0.471 e. The molecule has 0 radical (unpaired) electrons. The van der Waals surface area contributed by atoms with Gasteiger partial charge in [-0.05, 0) is 72.4 Å². The maximum atomic E-state index is 12.5. The van der Waals surface area contributed by atoms with E-state index >= 15 is 0 Å². The molecule has 1 aliphatic carbocycles. The van der Waals surface area contributed by atoms with Gasteiger partial charge in [-0.2, -0.15) is 4.98 Å². The molecule has 2 heterocycles. The van der Waals surface area contributed by atoms with E-state index in [0.717, 1.165) is 28.8 Å². The Bertz CT molecular complexity index is 1190. The topological polar surface area (TPSA) is 90.5 Å². The number of benzene rings is 1. The Balaban J connectivity index is 2.00. The molecule has 1 unspecified atom stereocenters. The Morgan fingerprint density at radius 1 is 0.939 bits per heavy atom. The van der Waals surface area contributed by atoms with E-state index in [2.05, 4.69) is 21.0 Å². The van der Waals surface area contributed by atoms with Crippen LogP contribution in [0.3, 0.4) is 0 Å². The summed E-state index contributed by atoms with van der Waals surface area (Å²) in [5, 5.41) is 12.5.